The van der Waals surface area contributed by atoms with Crippen LogP contribution in [0.4, 0.5) is 13.2 Å². The van der Waals surface area contributed by atoms with Crippen LogP contribution in [0.3, 0.4) is 0 Å². The maximum atomic E-state index is 12.3. The Morgan fingerprint density at radius 2 is 2.06 bits per heavy atom. The Kier molecular flexibility index (Phi) is 5.78. The summed E-state index contributed by atoms with van der Waals surface area (Å²) in [5.41, 5.74) is -3.92. The lowest BCUT2D eigenvalue weighted by molar-refractivity contribution is -0.115. The SMILES string of the molecule is O=C(CBr)Cc1ccc(I)cc1SC(F)(F)F. The molecule has 0 saturated heterocycles. The lowest BCUT2D eigenvalue weighted by Gasteiger charge is -2.10. The van der Waals surface area contributed by atoms with Crippen LogP contribution in [0.1, 0.15) is 5.56 Å². The number of ketones is 1. The highest BCUT2D eigenvalue weighted by molar-refractivity contribution is 14.1. The molecule has 0 aliphatic heterocycles. The summed E-state index contributed by atoms with van der Waals surface area (Å²) in [6.45, 7) is 0. The molecule has 0 amide bonds. The van der Waals surface area contributed by atoms with E-state index in [1.54, 1.807) is 12.1 Å². The quantitative estimate of drug-likeness (QED) is 0.393. The molecule has 0 saturated carbocycles. The largest absolute Gasteiger partial charge is 0.446 e. The van der Waals surface area contributed by atoms with Gasteiger partial charge in [-0.15, -0.1) is 0 Å². The number of thioether (sulfide) groups is 1. The third-order valence-corrected chi connectivity index (χ3v) is 3.92. The molecule has 0 aliphatic carbocycles. The normalized spacial score (nSPS) is 11.6. The van der Waals surface area contributed by atoms with Crippen LogP contribution < -0.4 is 0 Å². The molecule has 17 heavy (non-hydrogen) atoms. The predicted molar refractivity (Wildman–Crippen MR) is 73.6 cm³/mol. The molecule has 0 unspecified atom stereocenters. The molecule has 0 heterocycles. The fourth-order valence-electron chi connectivity index (χ4n) is 1.15. The van der Waals surface area contributed by atoms with Crippen LogP contribution in [0.25, 0.3) is 0 Å². The van der Waals surface area contributed by atoms with E-state index in [0.29, 0.717) is 9.13 Å². The zero-order valence-corrected chi connectivity index (χ0v) is 12.9. The highest BCUT2D eigenvalue weighted by Crippen LogP contribution is 2.39. The van der Waals surface area contributed by atoms with Gasteiger partial charge in [-0.3, -0.25) is 4.79 Å². The average Bonchev–Trinajstić information content (AvgIpc) is 2.19. The lowest BCUT2D eigenvalue weighted by Crippen LogP contribution is -2.07. The summed E-state index contributed by atoms with van der Waals surface area (Å²) in [4.78, 5) is 11.3. The van der Waals surface area contributed by atoms with Gasteiger partial charge in [0.15, 0.2) is 0 Å². The van der Waals surface area contributed by atoms with Crippen molar-refractivity contribution in [3.05, 3.63) is 27.3 Å². The lowest BCUT2D eigenvalue weighted by atomic mass is 10.1. The summed E-state index contributed by atoms with van der Waals surface area (Å²) in [7, 11) is 0. The number of rotatable bonds is 4. The molecule has 0 spiro atoms. The molecule has 7 heteroatoms. The summed E-state index contributed by atoms with van der Waals surface area (Å²) in [5.74, 6) is -0.143. The first kappa shape index (κ1) is 15.3. The number of benzene rings is 1. The highest BCUT2D eigenvalue weighted by atomic mass is 127. The molecule has 1 nitrogen and oxygen atoms in total. The maximum absolute atomic E-state index is 12.3. The van der Waals surface area contributed by atoms with Gasteiger partial charge in [0.1, 0.15) is 5.78 Å². The van der Waals surface area contributed by atoms with E-state index < -0.39 is 5.51 Å². The van der Waals surface area contributed by atoms with Crippen molar-refractivity contribution in [2.45, 2.75) is 16.8 Å². The van der Waals surface area contributed by atoms with Crippen molar-refractivity contribution >= 4 is 56.1 Å². The van der Waals surface area contributed by atoms with Crippen LogP contribution in [0.5, 0.6) is 0 Å². The van der Waals surface area contributed by atoms with Crippen LogP contribution in [0.2, 0.25) is 0 Å². The predicted octanol–water partition coefficient (Wildman–Crippen LogP) is 4.41. The van der Waals surface area contributed by atoms with Crippen molar-refractivity contribution in [3.63, 3.8) is 0 Å². The van der Waals surface area contributed by atoms with Crippen LogP contribution in [-0.4, -0.2) is 16.6 Å². The van der Waals surface area contributed by atoms with E-state index in [9.17, 15) is 18.0 Å². The second-order valence-electron chi connectivity index (χ2n) is 3.15. The molecular weight excluding hydrogens is 432 g/mol. The van der Waals surface area contributed by atoms with E-state index in [2.05, 4.69) is 15.9 Å². The minimum absolute atomic E-state index is 0.0145. The highest BCUT2D eigenvalue weighted by Gasteiger charge is 2.30. The molecule has 0 atom stereocenters. The van der Waals surface area contributed by atoms with E-state index in [0.717, 1.165) is 0 Å². The van der Waals surface area contributed by atoms with E-state index in [-0.39, 0.29) is 34.2 Å². The van der Waals surface area contributed by atoms with Crippen molar-refractivity contribution in [2.75, 3.05) is 5.33 Å². The van der Waals surface area contributed by atoms with Gasteiger partial charge in [-0.25, -0.2) is 0 Å². The summed E-state index contributed by atoms with van der Waals surface area (Å²) >= 11 is 4.76. The molecule has 94 valence electrons. The monoisotopic (exact) mass is 438 g/mol. The molecule has 0 N–H and O–H groups in total. The van der Waals surface area contributed by atoms with E-state index in [1.165, 1.54) is 6.07 Å². The number of hydrogen-bond donors (Lipinski definition) is 0. The molecule has 0 aromatic heterocycles. The van der Waals surface area contributed by atoms with Crippen LogP contribution in [0.15, 0.2) is 23.1 Å². The van der Waals surface area contributed by atoms with Crippen molar-refractivity contribution in [1.29, 1.82) is 0 Å². The molecule has 1 aromatic rings. The first-order valence-corrected chi connectivity index (χ1v) is 7.45. The first-order valence-electron chi connectivity index (χ1n) is 4.43. The van der Waals surface area contributed by atoms with Crippen molar-refractivity contribution < 1.29 is 18.0 Å². The van der Waals surface area contributed by atoms with Gasteiger partial charge in [0, 0.05) is 14.9 Å². The fraction of sp³-hybridized carbons (Fsp3) is 0.300. The van der Waals surface area contributed by atoms with Crippen LogP contribution in [-0.2, 0) is 11.2 Å². The van der Waals surface area contributed by atoms with Gasteiger partial charge >= 0.3 is 5.51 Å². The van der Waals surface area contributed by atoms with E-state index in [4.69, 9.17) is 0 Å². The summed E-state index contributed by atoms with van der Waals surface area (Å²) < 4.78 is 37.7. The Morgan fingerprint density at radius 3 is 2.59 bits per heavy atom. The van der Waals surface area contributed by atoms with Crippen molar-refractivity contribution in [2.24, 2.45) is 0 Å². The third kappa shape index (κ3) is 5.60. The van der Waals surface area contributed by atoms with E-state index in [1.807, 2.05) is 22.6 Å². The van der Waals surface area contributed by atoms with Crippen LogP contribution in [0, 0.1) is 3.57 Å². The summed E-state index contributed by atoms with van der Waals surface area (Å²) in [5, 5.41) is 0.148. The van der Waals surface area contributed by atoms with Gasteiger partial charge in [-0.2, -0.15) is 13.2 Å². The number of halogens is 5. The number of hydrogen-bond acceptors (Lipinski definition) is 2. The Hall–Kier alpha value is 0.240. The second-order valence-corrected chi connectivity index (χ2v) is 6.06. The number of alkyl halides is 4. The average molecular weight is 439 g/mol. The van der Waals surface area contributed by atoms with Gasteiger partial charge in [-0.1, -0.05) is 22.0 Å². The molecule has 0 bridgehead atoms. The standard InChI is InChI=1S/C10H7BrF3IOS/c11-5-8(16)3-6-1-2-7(15)4-9(6)17-10(12,13)14/h1-2,4H,3,5H2. The molecule has 0 aliphatic rings. The Labute approximate surface area is 123 Å². The minimum Gasteiger partial charge on any atom is -0.298 e. The van der Waals surface area contributed by atoms with E-state index >= 15 is 0 Å². The summed E-state index contributed by atoms with van der Waals surface area (Å²) in [6.07, 6.45) is 0.0145. The van der Waals surface area contributed by atoms with Gasteiger partial charge in [0.25, 0.3) is 0 Å². The first-order chi connectivity index (χ1) is 7.81. The van der Waals surface area contributed by atoms with Gasteiger partial charge < -0.3 is 0 Å². The minimum atomic E-state index is -4.34. The Bertz CT molecular complexity index is 423. The summed E-state index contributed by atoms with van der Waals surface area (Å²) in [6, 6.07) is 4.70. The molecular formula is C10H7BrF3IOS. The number of Topliss-reactive ketones (excluding diaryl/α,β-unsaturated/α-hetero) is 1. The Balaban J connectivity index is 2.99. The third-order valence-electron chi connectivity index (χ3n) is 1.79. The van der Waals surface area contributed by atoms with Crippen molar-refractivity contribution in [3.8, 4) is 0 Å². The Morgan fingerprint density at radius 1 is 1.41 bits per heavy atom. The molecule has 0 fully saturated rings. The molecule has 0 radical (unpaired) electrons. The number of carbonyl (C=O) groups is 1. The second kappa shape index (κ2) is 6.42. The van der Waals surface area contributed by atoms with Crippen molar-refractivity contribution in [1.82, 2.24) is 0 Å². The van der Waals surface area contributed by atoms with Crippen LogP contribution >= 0.6 is 50.3 Å². The van der Waals surface area contributed by atoms with Gasteiger partial charge in [0.05, 0.1) is 5.33 Å². The van der Waals surface area contributed by atoms with Gasteiger partial charge in [0.2, 0.25) is 0 Å². The smallest absolute Gasteiger partial charge is 0.298 e. The zero-order chi connectivity index (χ0) is 13.1. The zero-order valence-electron chi connectivity index (χ0n) is 8.35. The molecule has 1 aromatic carbocycles. The van der Waals surface area contributed by atoms with Gasteiger partial charge in [-0.05, 0) is 52.0 Å². The maximum Gasteiger partial charge on any atom is 0.446 e. The topological polar surface area (TPSA) is 17.1 Å². The fourth-order valence-corrected chi connectivity index (χ4v) is 2.76. The number of carbonyl (C=O) groups excluding carboxylic acids is 1. The molecule has 1 rings (SSSR count).